The van der Waals surface area contributed by atoms with E-state index in [0.29, 0.717) is 24.8 Å². The highest BCUT2D eigenvalue weighted by Crippen LogP contribution is 2.63. The third-order valence-electron chi connectivity index (χ3n) is 5.72. The van der Waals surface area contributed by atoms with E-state index in [1.807, 2.05) is 13.8 Å². The molecular formula is C18H19O5P. The van der Waals surface area contributed by atoms with E-state index in [0.717, 1.165) is 0 Å². The fourth-order valence-corrected chi connectivity index (χ4v) is 4.80. The van der Waals surface area contributed by atoms with Crippen LogP contribution < -0.4 is 10.0 Å². The van der Waals surface area contributed by atoms with Crippen LogP contribution in [0.3, 0.4) is 0 Å². The van der Waals surface area contributed by atoms with E-state index in [-0.39, 0.29) is 25.6 Å². The van der Waals surface area contributed by atoms with Gasteiger partial charge in [-0.05, 0) is 37.3 Å². The first-order valence-electron chi connectivity index (χ1n) is 8.05. The van der Waals surface area contributed by atoms with Crippen LogP contribution in [0.15, 0.2) is 18.2 Å². The molecule has 0 N–H and O–H groups in total. The maximum absolute atomic E-state index is 13.4. The lowest BCUT2D eigenvalue weighted by atomic mass is 9.65. The summed E-state index contributed by atoms with van der Waals surface area (Å²) >= 11 is 0. The van der Waals surface area contributed by atoms with Crippen molar-refractivity contribution in [1.29, 1.82) is 0 Å². The lowest BCUT2D eigenvalue weighted by molar-refractivity contribution is -0.140. The summed E-state index contributed by atoms with van der Waals surface area (Å²) in [5, 5.41) is 0.364. The number of rotatable bonds is 5. The van der Waals surface area contributed by atoms with E-state index >= 15 is 0 Å². The zero-order valence-corrected chi connectivity index (χ0v) is 14.8. The number of hydrogen-bond acceptors (Lipinski definition) is 5. The Kier molecular flexibility index (Phi) is 3.95. The van der Waals surface area contributed by atoms with Crippen molar-refractivity contribution in [1.82, 2.24) is 0 Å². The molecule has 2 fully saturated rings. The third-order valence-corrected chi connectivity index (χ3v) is 6.27. The zero-order chi connectivity index (χ0) is 17.7. The average molecular weight is 346 g/mol. The summed E-state index contributed by atoms with van der Waals surface area (Å²) in [7, 11) is -0.258. The quantitative estimate of drug-likeness (QED) is 0.355. The van der Waals surface area contributed by atoms with Gasteiger partial charge in [-0.1, -0.05) is 19.9 Å². The van der Waals surface area contributed by atoms with Crippen molar-refractivity contribution in [2.45, 2.75) is 33.6 Å². The van der Waals surface area contributed by atoms with Gasteiger partial charge in [0.25, 0.3) is 0 Å². The number of ether oxygens (including phenoxy) is 1. The summed E-state index contributed by atoms with van der Waals surface area (Å²) < 4.78 is 16.9. The molecule has 0 aliphatic heterocycles. The van der Waals surface area contributed by atoms with E-state index in [1.165, 1.54) is 0 Å². The first-order chi connectivity index (χ1) is 11.3. The Morgan fingerprint density at radius 2 is 2.04 bits per heavy atom. The van der Waals surface area contributed by atoms with Crippen LogP contribution in [0.2, 0.25) is 0 Å². The van der Waals surface area contributed by atoms with E-state index in [9.17, 15) is 18.9 Å². The Morgan fingerprint density at radius 3 is 2.58 bits per heavy atom. The lowest BCUT2D eigenvalue weighted by Crippen LogP contribution is -2.44. The molecule has 0 amide bonds. The number of carbonyl (C=O) groups is 3. The summed E-state index contributed by atoms with van der Waals surface area (Å²) in [5.74, 6) is -1.57. The van der Waals surface area contributed by atoms with Gasteiger partial charge in [0.1, 0.15) is 11.2 Å². The van der Waals surface area contributed by atoms with Gasteiger partial charge < -0.3 is 4.74 Å². The van der Waals surface area contributed by atoms with Crippen molar-refractivity contribution in [3.63, 3.8) is 0 Å². The Morgan fingerprint density at radius 1 is 1.33 bits per heavy atom. The fraction of sp³-hybridized carbons (Fsp3) is 0.500. The Labute approximate surface area is 142 Å². The monoisotopic (exact) mass is 346 g/mol. The molecule has 0 heterocycles. The van der Waals surface area contributed by atoms with Crippen LogP contribution in [0, 0.1) is 16.7 Å². The summed E-state index contributed by atoms with van der Waals surface area (Å²) in [6.07, 6.45) is 0.922. The molecule has 0 saturated heterocycles. The molecule has 1 aromatic rings. The molecule has 24 heavy (non-hydrogen) atoms. The molecule has 2 unspecified atom stereocenters. The molecule has 2 aliphatic carbocycles. The molecule has 2 saturated carbocycles. The molecule has 0 radical (unpaired) electrons. The maximum Gasteiger partial charge on any atom is 0.213 e. The van der Waals surface area contributed by atoms with Gasteiger partial charge in [-0.3, -0.25) is 18.9 Å². The van der Waals surface area contributed by atoms with Crippen molar-refractivity contribution < 1.29 is 23.7 Å². The topological polar surface area (TPSA) is 77.5 Å². The summed E-state index contributed by atoms with van der Waals surface area (Å²) in [6.45, 7) is 5.71. The van der Waals surface area contributed by atoms with E-state index in [1.54, 1.807) is 25.1 Å². The van der Waals surface area contributed by atoms with Gasteiger partial charge in [0, 0.05) is 5.92 Å². The van der Waals surface area contributed by atoms with E-state index < -0.39 is 28.3 Å². The van der Waals surface area contributed by atoms with Gasteiger partial charge in [-0.25, -0.2) is 0 Å². The Balaban J connectivity index is 2.18. The fourth-order valence-electron chi connectivity index (χ4n) is 4.39. The van der Waals surface area contributed by atoms with Gasteiger partial charge in [0.15, 0.2) is 14.2 Å². The number of fused-ring (bicyclic) bond motifs is 2. The van der Waals surface area contributed by atoms with Gasteiger partial charge in [-0.15, -0.1) is 0 Å². The van der Waals surface area contributed by atoms with Gasteiger partial charge in [0.05, 0.1) is 17.5 Å². The van der Waals surface area contributed by atoms with Crippen LogP contribution in [0.25, 0.3) is 0 Å². The number of ketones is 3. The number of hydrogen-bond donors (Lipinski definition) is 0. The minimum atomic E-state index is -1.33. The molecule has 126 valence electrons. The van der Waals surface area contributed by atoms with Crippen molar-refractivity contribution in [3.05, 3.63) is 23.8 Å². The van der Waals surface area contributed by atoms with Gasteiger partial charge >= 0.3 is 0 Å². The molecule has 2 atom stereocenters. The number of carbonyl (C=O) groups excluding carboxylic acids is 3. The molecule has 1 aromatic carbocycles. The Bertz CT molecular complexity index is 767. The smallest absolute Gasteiger partial charge is 0.213 e. The number of Topliss-reactive ketones (excluding diaryl/α,β-unsaturated/α-hetero) is 3. The zero-order valence-electron chi connectivity index (χ0n) is 13.9. The number of para-hydroxylation sites is 1. The first-order valence-corrected chi connectivity index (χ1v) is 8.86. The normalized spacial score (nSPS) is 27.7. The standard InChI is InChI=1S/C18H19O5P/c1-4-23-14-10(6-5-7-12(14)24-22)15(20)18-9-8-11(17(18,2)3)13(19)16(18)21/h5-7,11H,4,8-9H2,1-3H3. The van der Waals surface area contributed by atoms with Crippen molar-refractivity contribution >= 4 is 31.1 Å². The second-order valence-corrected chi connectivity index (χ2v) is 7.58. The highest BCUT2D eigenvalue weighted by molar-refractivity contribution is 7.34. The van der Waals surface area contributed by atoms with Crippen LogP contribution in [-0.2, 0) is 14.2 Å². The van der Waals surface area contributed by atoms with Crippen LogP contribution in [-0.4, -0.2) is 24.0 Å². The SMILES string of the molecule is CCOc1c(P=O)cccc1C(=O)C12CCC(C(=O)C1=O)C2(C)C. The maximum atomic E-state index is 13.4. The number of benzene rings is 1. The molecular weight excluding hydrogens is 327 g/mol. The molecule has 2 bridgehead atoms. The Hall–Kier alpha value is -1.87. The average Bonchev–Trinajstić information content (AvgIpc) is 2.91. The second-order valence-electron chi connectivity index (χ2n) is 6.92. The van der Waals surface area contributed by atoms with E-state index in [4.69, 9.17) is 4.74 Å². The van der Waals surface area contributed by atoms with Crippen molar-refractivity contribution in [3.8, 4) is 5.75 Å². The van der Waals surface area contributed by atoms with E-state index in [2.05, 4.69) is 0 Å². The highest BCUT2D eigenvalue weighted by Gasteiger charge is 2.72. The lowest BCUT2D eigenvalue weighted by Gasteiger charge is -2.34. The van der Waals surface area contributed by atoms with Crippen molar-refractivity contribution in [2.24, 2.45) is 16.7 Å². The molecule has 3 rings (SSSR count). The summed E-state index contributed by atoms with van der Waals surface area (Å²) in [4.78, 5) is 38.3. The molecule has 5 nitrogen and oxygen atoms in total. The minimum Gasteiger partial charge on any atom is -0.492 e. The van der Waals surface area contributed by atoms with Crippen molar-refractivity contribution in [2.75, 3.05) is 6.61 Å². The van der Waals surface area contributed by atoms with Crippen LogP contribution in [0.4, 0.5) is 0 Å². The van der Waals surface area contributed by atoms with Crippen LogP contribution in [0.5, 0.6) is 5.75 Å². The largest absolute Gasteiger partial charge is 0.492 e. The minimum absolute atomic E-state index is 0.231. The molecule has 0 aromatic heterocycles. The summed E-state index contributed by atoms with van der Waals surface area (Å²) in [5.41, 5.74) is -1.82. The summed E-state index contributed by atoms with van der Waals surface area (Å²) in [6, 6.07) is 4.81. The van der Waals surface area contributed by atoms with Crippen LogP contribution >= 0.6 is 8.46 Å². The van der Waals surface area contributed by atoms with Gasteiger partial charge in [0.2, 0.25) is 11.6 Å². The predicted octanol–water partition coefficient (Wildman–Crippen LogP) is 2.76. The molecule has 2 aliphatic rings. The second kappa shape index (κ2) is 5.59. The first kappa shape index (κ1) is 17.0. The van der Waals surface area contributed by atoms with Crippen LogP contribution in [0.1, 0.15) is 44.0 Å². The predicted molar refractivity (Wildman–Crippen MR) is 88.1 cm³/mol. The van der Waals surface area contributed by atoms with Gasteiger partial charge in [-0.2, -0.15) is 0 Å². The molecule has 0 spiro atoms. The molecule has 6 heteroatoms. The third kappa shape index (κ3) is 1.91. The highest BCUT2D eigenvalue weighted by atomic mass is 31.1.